The Morgan fingerprint density at radius 1 is 0.660 bits per heavy atom. The van der Waals surface area contributed by atoms with Crippen molar-refractivity contribution in [2.75, 3.05) is 0 Å². The van der Waals surface area contributed by atoms with Crippen molar-refractivity contribution in [2.45, 2.75) is 67.3 Å². The number of rotatable bonds is 5. The van der Waals surface area contributed by atoms with Crippen molar-refractivity contribution in [1.82, 2.24) is 0 Å². The van der Waals surface area contributed by atoms with Crippen LogP contribution >= 0.6 is 17.0 Å². The van der Waals surface area contributed by atoms with Gasteiger partial charge >= 0.3 is 291 Å². The first kappa shape index (κ1) is 37.2. The van der Waals surface area contributed by atoms with Crippen LogP contribution in [0.15, 0.2) is 114 Å². The van der Waals surface area contributed by atoms with Crippen molar-refractivity contribution in [3.63, 3.8) is 0 Å². The number of benzene rings is 5. The van der Waals surface area contributed by atoms with Gasteiger partial charge in [-0.15, -0.1) is 0 Å². The second kappa shape index (κ2) is 14.1. The maximum absolute atomic E-state index is 8.22. The van der Waals surface area contributed by atoms with Crippen LogP contribution in [0.3, 0.4) is 0 Å². The Balaban J connectivity index is 0.000000808. The molecule has 0 heterocycles. The molecule has 2 aliphatic carbocycles. The summed E-state index contributed by atoms with van der Waals surface area (Å²) in [4.78, 5) is 16.4. The van der Waals surface area contributed by atoms with Crippen LogP contribution in [0.2, 0.25) is 13.1 Å². The third kappa shape index (κ3) is 7.36. The smallest absolute Gasteiger partial charge is 0.326 e. The minimum atomic E-state index is -4.07. The number of fused-ring (bicyclic) bond motifs is 3. The molecule has 2 nitrogen and oxygen atoms in total. The average molecular weight is 799 g/mol. The molecule has 0 spiro atoms. The molecule has 0 aromatic heterocycles. The minimum absolute atomic E-state index is 0.0698. The molecule has 50 heavy (non-hydrogen) atoms. The van der Waals surface area contributed by atoms with Crippen molar-refractivity contribution in [3.05, 3.63) is 142 Å². The summed E-state index contributed by atoms with van der Waals surface area (Å²) in [6.07, 6.45) is 4.80. The Kier molecular flexibility index (Phi) is 10.5. The van der Waals surface area contributed by atoms with Gasteiger partial charge in [0, 0.05) is 0 Å². The standard InChI is InChI=1S/C22H25.C20H15.C2H8O2Si.2ClH.Zr/c1-15(2)18-13-17-7-6-8-20(21(17)14-18)16-9-11-19(12-10-16)22(3,4)5;1-14-12-16-8-5-11-19(20(16)13-14)18-10-4-7-15-6-2-3-9-17(15)18;1-5(2,3)4;;;/h6-15H,1-5H3;2-13H,1H3;3-4H,1-2H3;2*1H;/q;;;;;+2/p-2. The molecule has 6 heteroatoms. The molecule has 2 N–H and O–H groups in total. The molecule has 7 rings (SSSR count). The van der Waals surface area contributed by atoms with Crippen LogP contribution in [-0.2, 0) is 23.3 Å². The third-order valence-electron chi connectivity index (χ3n) is 9.95. The van der Waals surface area contributed by atoms with Gasteiger partial charge in [0.25, 0.3) is 0 Å². The molecule has 0 saturated heterocycles. The predicted octanol–water partition coefficient (Wildman–Crippen LogP) is 12.9. The Labute approximate surface area is 311 Å². The Hall–Kier alpha value is -2.56. The van der Waals surface area contributed by atoms with Crippen LogP contribution in [0, 0.1) is 5.92 Å². The maximum atomic E-state index is 8.22. The van der Waals surface area contributed by atoms with Crippen LogP contribution in [0.5, 0.6) is 0 Å². The first-order valence-corrected chi connectivity index (χ1v) is 29.6. The van der Waals surface area contributed by atoms with E-state index in [4.69, 9.17) is 26.6 Å². The molecule has 0 fully saturated rings. The summed E-state index contributed by atoms with van der Waals surface area (Å²) in [6.45, 7) is 16.5. The zero-order valence-corrected chi connectivity index (χ0v) is 35.3. The number of hydrogen-bond donors (Lipinski definition) is 2. The van der Waals surface area contributed by atoms with Gasteiger partial charge in [0.1, 0.15) is 0 Å². The fourth-order valence-corrected chi connectivity index (χ4v) is 21.9. The van der Waals surface area contributed by atoms with Crippen LogP contribution < -0.4 is 0 Å². The van der Waals surface area contributed by atoms with Gasteiger partial charge in [-0.05, 0) is 13.1 Å². The summed E-state index contributed by atoms with van der Waals surface area (Å²) in [7, 11) is 13.4. The molecule has 5 aromatic rings. The van der Waals surface area contributed by atoms with Crippen molar-refractivity contribution in [2.24, 2.45) is 5.92 Å². The van der Waals surface area contributed by atoms with Crippen molar-refractivity contribution in [3.8, 4) is 22.3 Å². The molecule has 2 unspecified atom stereocenters. The fourth-order valence-electron chi connectivity index (χ4n) is 7.68. The molecule has 0 saturated carbocycles. The monoisotopic (exact) mass is 796 g/mol. The first-order chi connectivity index (χ1) is 23.5. The van der Waals surface area contributed by atoms with E-state index in [1.165, 1.54) is 85.1 Å². The van der Waals surface area contributed by atoms with E-state index in [1.807, 2.05) is 0 Å². The molecule has 0 radical (unpaired) electrons. The molecular weight excluding hydrogens is 751 g/mol. The zero-order valence-electron chi connectivity index (χ0n) is 30.4. The second-order valence-corrected chi connectivity index (χ2v) is 33.4. The Morgan fingerprint density at radius 3 is 1.80 bits per heavy atom. The van der Waals surface area contributed by atoms with Gasteiger partial charge in [0.2, 0.25) is 0 Å². The predicted molar refractivity (Wildman–Crippen MR) is 216 cm³/mol. The second-order valence-electron chi connectivity index (χ2n) is 15.7. The summed E-state index contributed by atoms with van der Waals surface area (Å²) in [6, 6.07) is 37.8. The summed E-state index contributed by atoms with van der Waals surface area (Å²) in [5, 5.41) is 2.52. The zero-order chi connectivity index (χ0) is 36.2. The van der Waals surface area contributed by atoms with Crippen molar-refractivity contribution >= 4 is 48.5 Å². The van der Waals surface area contributed by atoms with E-state index in [0.717, 1.165) is 0 Å². The van der Waals surface area contributed by atoms with Crippen molar-refractivity contribution < 1.29 is 27.5 Å². The van der Waals surface area contributed by atoms with E-state index in [-0.39, 0.29) is 12.7 Å². The van der Waals surface area contributed by atoms with E-state index in [0.29, 0.717) is 5.92 Å². The van der Waals surface area contributed by atoms with Gasteiger partial charge < -0.3 is 9.59 Å². The van der Waals surface area contributed by atoms with Crippen molar-refractivity contribution in [1.29, 1.82) is 0 Å². The van der Waals surface area contributed by atoms with Crippen LogP contribution in [0.1, 0.15) is 76.6 Å². The maximum Gasteiger partial charge on any atom is 0.326 e. The van der Waals surface area contributed by atoms with Gasteiger partial charge in [-0.25, -0.2) is 0 Å². The van der Waals surface area contributed by atoms with Crippen LogP contribution in [0.4, 0.5) is 0 Å². The topological polar surface area (TPSA) is 40.5 Å². The molecule has 0 bridgehead atoms. The van der Waals surface area contributed by atoms with Gasteiger partial charge in [0.05, 0.1) is 0 Å². The first-order valence-electron chi connectivity index (χ1n) is 17.5. The molecular formula is C44H48Cl2O2SiZr. The van der Waals surface area contributed by atoms with Gasteiger partial charge in [0.15, 0.2) is 0 Å². The quantitative estimate of drug-likeness (QED) is 0.174. The normalized spacial score (nSPS) is 17.2. The molecule has 5 aromatic carbocycles. The van der Waals surface area contributed by atoms with Gasteiger partial charge in [-0.1, -0.05) is 0 Å². The molecule has 2 aliphatic rings. The fraction of sp³-hybridized carbons (Fsp3) is 0.273. The molecule has 0 amide bonds. The number of allylic oxidation sites excluding steroid dienone is 2. The van der Waals surface area contributed by atoms with E-state index >= 15 is 0 Å². The van der Waals surface area contributed by atoms with Gasteiger partial charge in [-0.3, -0.25) is 0 Å². The largest absolute Gasteiger partial charge is 0.411 e. The SMILES string of the molecule is CC1=Cc2c(-c3cccc4ccccc34)cccc2[CH]1[Zr]([Cl])([Cl])[CH]1C(C(C)C)=Cc2c(-c3ccc(C(C)(C)C)cc3)cccc21.C[Si](C)(O)O. The molecule has 2 atom stereocenters. The molecule has 258 valence electrons. The van der Waals surface area contributed by atoms with Crippen LogP contribution in [0.25, 0.3) is 45.2 Å². The average Bonchev–Trinajstić information content (AvgIpc) is 3.62. The molecule has 0 aliphatic heterocycles. The van der Waals surface area contributed by atoms with Crippen LogP contribution in [-0.4, -0.2) is 18.2 Å². The number of halogens is 2. The van der Waals surface area contributed by atoms with E-state index in [9.17, 15) is 0 Å². The van der Waals surface area contributed by atoms with E-state index < -0.39 is 26.4 Å². The Morgan fingerprint density at radius 2 is 1.18 bits per heavy atom. The summed E-state index contributed by atoms with van der Waals surface area (Å²) < 4.78 is 0.146. The summed E-state index contributed by atoms with van der Waals surface area (Å²) in [5.74, 6) is 0.347. The third-order valence-corrected chi connectivity index (χ3v) is 22.4. The van der Waals surface area contributed by atoms with Gasteiger partial charge in [-0.2, -0.15) is 0 Å². The Bertz CT molecular complexity index is 2110. The van der Waals surface area contributed by atoms with E-state index in [2.05, 4.69) is 157 Å². The summed E-state index contributed by atoms with van der Waals surface area (Å²) in [5.41, 5.74) is 14.3. The van der Waals surface area contributed by atoms with E-state index in [1.54, 1.807) is 0 Å². The number of hydrogen-bond acceptors (Lipinski definition) is 2. The minimum Gasteiger partial charge on any atom is -0.411 e. The summed E-state index contributed by atoms with van der Waals surface area (Å²) >= 11 is -4.07.